The lowest BCUT2D eigenvalue weighted by Gasteiger charge is -2.27. The van der Waals surface area contributed by atoms with Crippen molar-refractivity contribution in [3.05, 3.63) is 35.3 Å². The van der Waals surface area contributed by atoms with Crippen LogP contribution in [0.25, 0.3) is 0 Å². The Labute approximate surface area is 155 Å². The molecule has 140 valence electrons. The summed E-state index contributed by atoms with van der Waals surface area (Å²) in [4.78, 5) is 23.1. The van der Waals surface area contributed by atoms with Gasteiger partial charge in [-0.25, -0.2) is 10.2 Å². The standard InChI is InChI=1S/C17H22FN5O2S/c1-9(2)4-12(8-24)23(20)11-6-13(18)16(17(19)25)14(7-11)21-15-5-10(3)22-26-15/h5-9,12,21H,4,20H2,1-3H3,(H2,19,25)/t12-/m1/s1. The van der Waals surface area contributed by atoms with Crippen molar-refractivity contribution >= 4 is 40.1 Å². The van der Waals surface area contributed by atoms with Gasteiger partial charge in [-0.15, -0.1) is 0 Å². The van der Waals surface area contributed by atoms with E-state index in [0.29, 0.717) is 11.4 Å². The normalized spacial score (nSPS) is 12.1. The summed E-state index contributed by atoms with van der Waals surface area (Å²) in [6.45, 7) is 5.73. The summed E-state index contributed by atoms with van der Waals surface area (Å²) in [6.07, 6.45) is 1.23. The molecule has 7 nitrogen and oxygen atoms in total. The SMILES string of the molecule is Cc1cc(Nc2cc(N(N)[C@@H](C=O)CC(C)C)cc(F)c2C(N)=O)sn1. The number of amides is 1. The third-order valence-electron chi connectivity index (χ3n) is 3.73. The van der Waals surface area contributed by atoms with Gasteiger partial charge in [0.2, 0.25) is 0 Å². The molecule has 26 heavy (non-hydrogen) atoms. The Kier molecular flexibility index (Phi) is 6.27. The van der Waals surface area contributed by atoms with Crippen LogP contribution in [0.4, 0.5) is 20.8 Å². The molecule has 0 bridgehead atoms. The van der Waals surface area contributed by atoms with Crippen LogP contribution in [-0.2, 0) is 4.79 Å². The molecule has 0 fully saturated rings. The molecule has 0 aliphatic heterocycles. The zero-order chi connectivity index (χ0) is 19.4. The Balaban J connectivity index is 2.45. The maximum absolute atomic E-state index is 14.5. The number of carbonyl (C=O) groups excluding carboxylic acids is 2. The van der Waals surface area contributed by atoms with Crippen LogP contribution in [-0.4, -0.2) is 22.6 Å². The van der Waals surface area contributed by atoms with Crippen LogP contribution in [0.3, 0.4) is 0 Å². The van der Waals surface area contributed by atoms with Crippen molar-refractivity contribution in [1.82, 2.24) is 4.37 Å². The van der Waals surface area contributed by atoms with Crippen LogP contribution in [0.5, 0.6) is 0 Å². The Morgan fingerprint density at radius 3 is 2.62 bits per heavy atom. The summed E-state index contributed by atoms with van der Waals surface area (Å²) in [5.41, 5.74) is 6.25. The van der Waals surface area contributed by atoms with Crippen LogP contribution in [0.1, 0.15) is 36.3 Å². The second-order valence-electron chi connectivity index (χ2n) is 6.41. The van der Waals surface area contributed by atoms with Gasteiger partial charge >= 0.3 is 0 Å². The summed E-state index contributed by atoms with van der Waals surface area (Å²) in [5.74, 6) is 4.54. The smallest absolute Gasteiger partial charge is 0.253 e. The largest absolute Gasteiger partial charge is 0.365 e. The number of hydrogen-bond acceptors (Lipinski definition) is 7. The van der Waals surface area contributed by atoms with Crippen molar-refractivity contribution in [2.75, 3.05) is 10.3 Å². The van der Waals surface area contributed by atoms with Crippen molar-refractivity contribution in [2.24, 2.45) is 17.5 Å². The zero-order valence-electron chi connectivity index (χ0n) is 14.8. The maximum atomic E-state index is 14.5. The van der Waals surface area contributed by atoms with Crippen molar-refractivity contribution < 1.29 is 14.0 Å². The molecule has 5 N–H and O–H groups in total. The first-order chi connectivity index (χ1) is 12.2. The summed E-state index contributed by atoms with van der Waals surface area (Å²) < 4.78 is 18.7. The molecule has 0 unspecified atom stereocenters. The highest BCUT2D eigenvalue weighted by Crippen LogP contribution is 2.31. The highest BCUT2D eigenvalue weighted by Gasteiger charge is 2.22. The first kappa shape index (κ1) is 19.8. The topological polar surface area (TPSA) is 114 Å². The van der Waals surface area contributed by atoms with Crippen LogP contribution in [0, 0.1) is 18.7 Å². The molecule has 0 aliphatic rings. The predicted octanol–water partition coefficient (Wildman–Crippen LogP) is 2.73. The minimum atomic E-state index is -0.907. The number of hydrazine groups is 1. The number of nitrogens with one attached hydrogen (secondary N) is 1. The number of anilines is 3. The van der Waals surface area contributed by atoms with Gasteiger partial charge < -0.3 is 20.9 Å². The Morgan fingerprint density at radius 2 is 2.12 bits per heavy atom. The van der Waals surface area contributed by atoms with Crippen LogP contribution in [0.2, 0.25) is 0 Å². The first-order valence-electron chi connectivity index (χ1n) is 8.05. The van der Waals surface area contributed by atoms with E-state index in [1.54, 1.807) is 6.07 Å². The molecule has 0 radical (unpaired) electrons. The van der Waals surface area contributed by atoms with Gasteiger partial charge in [0.15, 0.2) is 0 Å². The number of nitrogens with two attached hydrogens (primary N) is 2. The minimum absolute atomic E-state index is 0.167. The maximum Gasteiger partial charge on any atom is 0.253 e. The molecular weight excluding hydrogens is 357 g/mol. The van der Waals surface area contributed by atoms with Gasteiger partial charge in [-0.05, 0) is 49.0 Å². The number of carbonyl (C=O) groups is 2. The summed E-state index contributed by atoms with van der Waals surface area (Å²) in [7, 11) is 0. The number of nitrogens with zero attached hydrogens (tertiary/aromatic N) is 2. The fourth-order valence-electron chi connectivity index (χ4n) is 2.55. The summed E-state index contributed by atoms with van der Waals surface area (Å²) in [6, 6.07) is 3.73. The van der Waals surface area contributed by atoms with Gasteiger partial charge in [-0.1, -0.05) is 13.8 Å². The average Bonchev–Trinajstić information content (AvgIpc) is 2.95. The second-order valence-corrected chi connectivity index (χ2v) is 7.22. The van der Waals surface area contributed by atoms with E-state index in [4.69, 9.17) is 11.6 Å². The van der Waals surface area contributed by atoms with Gasteiger partial charge in [0.1, 0.15) is 23.1 Å². The number of hydrogen-bond donors (Lipinski definition) is 3. The average molecular weight is 379 g/mol. The fraction of sp³-hybridized carbons (Fsp3) is 0.353. The molecule has 1 atom stereocenters. The van der Waals surface area contributed by atoms with Crippen molar-refractivity contribution in [3.63, 3.8) is 0 Å². The summed E-state index contributed by atoms with van der Waals surface area (Å²) >= 11 is 1.17. The van der Waals surface area contributed by atoms with E-state index >= 15 is 0 Å². The molecule has 9 heteroatoms. The molecule has 2 rings (SSSR count). The molecule has 1 amide bonds. The third kappa shape index (κ3) is 4.55. The molecule has 1 heterocycles. The molecule has 1 aromatic heterocycles. The molecular formula is C17H22FN5O2S. The van der Waals surface area contributed by atoms with Crippen LogP contribution in [0.15, 0.2) is 18.2 Å². The van der Waals surface area contributed by atoms with Crippen LogP contribution < -0.4 is 21.9 Å². The highest BCUT2D eigenvalue weighted by molar-refractivity contribution is 7.10. The fourth-order valence-corrected chi connectivity index (χ4v) is 3.23. The molecule has 2 aromatic rings. The number of rotatable bonds is 8. The number of aryl methyl sites for hydroxylation is 1. The van der Waals surface area contributed by atoms with E-state index in [1.807, 2.05) is 20.8 Å². The molecule has 0 saturated carbocycles. The van der Waals surface area contributed by atoms with E-state index in [1.165, 1.54) is 22.6 Å². The van der Waals surface area contributed by atoms with Gasteiger partial charge in [-0.3, -0.25) is 4.79 Å². The van der Waals surface area contributed by atoms with Gasteiger partial charge in [0.25, 0.3) is 5.91 Å². The third-order valence-corrected chi connectivity index (χ3v) is 4.53. The monoisotopic (exact) mass is 379 g/mol. The Bertz CT molecular complexity index is 808. The number of primary amides is 1. The lowest BCUT2D eigenvalue weighted by molar-refractivity contribution is -0.109. The minimum Gasteiger partial charge on any atom is -0.365 e. The Morgan fingerprint density at radius 1 is 1.42 bits per heavy atom. The lowest BCUT2D eigenvalue weighted by Crippen LogP contribution is -2.43. The molecule has 1 aromatic carbocycles. The molecule has 0 spiro atoms. The van der Waals surface area contributed by atoms with Crippen molar-refractivity contribution in [3.8, 4) is 0 Å². The zero-order valence-corrected chi connectivity index (χ0v) is 15.6. The van der Waals surface area contributed by atoms with E-state index in [9.17, 15) is 14.0 Å². The van der Waals surface area contributed by atoms with E-state index in [-0.39, 0.29) is 22.9 Å². The van der Waals surface area contributed by atoms with Crippen molar-refractivity contribution in [2.45, 2.75) is 33.2 Å². The number of aldehydes is 1. The summed E-state index contributed by atoms with van der Waals surface area (Å²) in [5, 5.41) is 4.78. The Hall–Kier alpha value is -2.52. The number of halogens is 1. The van der Waals surface area contributed by atoms with E-state index in [0.717, 1.165) is 18.0 Å². The predicted molar refractivity (Wildman–Crippen MR) is 101 cm³/mol. The van der Waals surface area contributed by atoms with Crippen molar-refractivity contribution in [1.29, 1.82) is 0 Å². The quantitative estimate of drug-likeness (QED) is 0.369. The molecule has 0 saturated heterocycles. The van der Waals surface area contributed by atoms with Gasteiger partial charge in [0.05, 0.1) is 22.6 Å². The van der Waals surface area contributed by atoms with E-state index < -0.39 is 17.8 Å². The second kappa shape index (κ2) is 8.24. The van der Waals surface area contributed by atoms with Gasteiger partial charge in [-0.2, -0.15) is 4.37 Å². The van der Waals surface area contributed by atoms with Gasteiger partial charge in [0, 0.05) is 0 Å². The lowest BCUT2D eigenvalue weighted by atomic mass is 10.0. The number of aromatic nitrogens is 1. The first-order valence-corrected chi connectivity index (χ1v) is 8.83. The van der Waals surface area contributed by atoms with E-state index in [2.05, 4.69) is 9.69 Å². The number of benzene rings is 1. The van der Waals surface area contributed by atoms with Crippen LogP contribution >= 0.6 is 11.5 Å². The molecule has 0 aliphatic carbocycles. The highest BCUT2D eigenvalue weighted by atomic mass is 32.1.